The number of nitriles is 1. The lowest BCUT2D eigenvalue weighted by molar-refractivity contribution is 1.09. The minimum absolute atomic E-state index is 0.636. The summed E-state index contributed by atoms with van der Waals surface area (Å²) in [5.74, 6) is 0. The zero-order valence-corrected chi connectivity index (χ0v) is 25.2. The number of pyridine rings is 1. The number of aromatic nitrogens is 3. The SMILES string of the molecule is Cc1ccc2c(c1)c1cc(C)ccc1n2-c1cncc(-n2c3ccc(C)cc3c3cc(C)ccc32)c1-c1ccc(C#N)cc1. The lowest BCUT2D eigenvalue weighted by Crippen LogP contribution is -2.05. The van der Waals surface area contributed by atoms with Crippen LogP contribution in [0.25, 0.3) is 66.1 Å². The summed E-state index contributed by atoms with van der Waals surface area (Å²) in [4.78, 5) is 4.92. The summed E-state index contributed by atoms with van der Waals surface area (Å²) < 4.78 is 4.71. The van der Waals surface area contributed by atoms with Gasteiger partial charge in [-0.3, -0.25) is 4.98 Å². The molecule has 3 aromatic heterocycles. The average molecular weight is 567 g/mol. The van der Waals surface area contributed by atoms with Crippen LogP contribution < -0.4 is 0 Å². The smallest absolute Gasteiger partial charge is 0.0991 e. The Labute approximate surface area is 256 Å². The van der Waals surface area contributed by atoms with Crippen LogP contribution in [0.1, 0.15) is 27.8 Å². The average Bonchev–Trinajstić information content (AvgIpc) is 3.51. The zero-order valence-electron chi connectivity index (χ0n) is 25.2. The van der Waals surface area contributed by atoms with E-state index in [0.717, 1.165) is 44.6 Å². The third-order valence-electron chi connectivity index (χ3n) is 8.84. The third-order valence-corrected chi connectivity index (χ3v) is 8.84. The van der Waals surface area contributed by atoms with E-state index in [4.69, 9.17) is 4.98 Å². The fraction of sp³-hybridized carbons (Fsp3) is 0.100. The van der Waals surface area contributed by atoms with Crippen molar-refractivity contribution < 1.29 is 0 Å². The summed E-state index contributed by atoms with van der Waals surface area (Å²) in [5, 5.41) is 14.5. The Hall–Kier alpha value is -5.66. The normalized spacial score (nSPS) is 11.6. The molecule has 0 N–H and O–H groups in total. The van der Waals surface area contributed by atoms with Gasteiger partial charge >= 0.3 is 0 Å². The van der Waals surface area contributed by atoms with Crippen molar-refractivity contribution >= 4 is 43.6 Å². The quantitative estimate of drug-likeness (QED) is 0.214. The number of benzene rings is 5. The van der Waals surface area contributed by atoms with Crippen LogP contribution in [0.4, 0.5) is 0 Å². The minimum atomic E-state index is 0.636. The number of hydrogen-bond acceptors (Lipinski definition) is 2. The van der Waals surface area contributed by atoms with Gasteiger partial charge < -0.3 is 9.13 Å². The topological polar surface area (TPSA) is 46.5 Å². The van der Waals surface area contributed by atoms with Crippen molar-refractivity contribution in [1.29, 1.82) is 5.26 Å². The van der Waals surface area contributed by atoms with E-state index in [1.807, 2.05) is 24.5 Å². The van der Waals surface area contributed by atoms with E-state index in [1.165, 1.54) is 43.8 Å². The molecule has 0 aliphatic heterocycles. The summed E-state index contributed by atoms with van der Waals surface area (Å²) >= 11 is 0. The summed E-state index contributed by atoms with van der Waals surface area (Å²) in [6.45, 7) is 8.59. The van der Waals surface area contributed by atoms with Gasteiger partial charge in [-0.05, 0) is 93.9 Å². The molecule has 210 valence electrons. The van der Waals surface area contributed by atoms with Crippen molar-refractivity contribution in [3.63, 3.8) is 0 Å². The van der Waals surface area contributed by atoms with Gasteiger partial charge in [0.1, 0.15) is 0 Å². The van der Waals surface area contributed by atoms with Crippen LogP contribution in [-0.2, 0) is 0 Å². The second kappa shape index (κ2) is 9.69. The van der Waals surface area contributed by atoms with Crippen molar-refractivity contribution in [2.75, 3.05) is 0 Å². The van der Waals surface area contributed by atoms with Crippen LogP contribution in [0.3, 0.4) is 0 Å². The second-order valence-electron chi connectivity index (χ2n) is 12.0. The Bertz CT molecular complexity index is 2220. The van der Waals surface area contributed by atoms with Gasteiger partial charge in [-0.1, -0.05) is 58.7 Å². The highest BCUT2D eigenvalue weighted by molar-refractivity contribution is 6.12. The third kappa shape index (κ3) is 3.87. The second-order valence-corrected chi connectivity index (χ2v) is 12.0. The monoisotopic (exact) mass is 566 g/mol. The van der Waals surface area contributed by atoms with Crippen LogP contribution in [0.5, 0.6) is 0 Å². The van der Waals surface area contributed by atoms with Gasteiger partial charge in [0, 0.05) is 27.1 Å². The zero-order chi connectivity index (χ0) is 30.1. The largest absolute Gasteiger partial charge is 0.307 e. The first-order chi connectivity index (χ1) is 21.4. The van der Waals surface area contributed by atoms with E-state index in [9.17, 15) is 5.26 Å². The first-order valence-corrected chi connectivity index (χ1v) is 14.9. The maximum Gasteiger partial charge on any atom is 0.0991 e. The number of hydrogen-bond donors (Lipinski definition) is 0. The molecule has 4 nitrogen and oxygen atoms in total. The summed E-state index contributed by atoms with van der Waals surface area (Å²) in [7, 11) is 0. The Balaban J connectivity index is 1.55. The van der Waals surface area contributed by atoms with Crippen molar-refractivity contribution in [3.8, 4) is 28.6 Å². The molecule has 44 heavy (non-hydrogen) atoms. The van der Waals surface area contributed by atoms with E-state index < -0.39 is 0 Å². The Morgan fingerprint density at radius 1 is 0.500 bits per heavy atom. The molecule has 8 aromatic rings. The standard InChI is InChI=1S/C40H30N4/c1-24-5-13-34-30(17-24)31-18-25(2)6-14-35(31)43(34)38-22-42-23-39(40(38)29-11-9-28(21-41)10-12-29)44-36-15-7-26(3)19-32(36)33-20-27(4)8-16-37(33)44/h5-20,22-23H,1-4H3. The number of nitrogens with zero attached hydrogens (tertiary/aromatic N) is 4. The van der Waals surface area contributed by atoms with Gasteiger partial charge in [-0.2, -0.15) is 5.26 Å². The van der Waals surface area contributed by atoms with Gasteiger partial charge in [0.2, 0.25) is 0 Å². The molecule has 0 fully saturated rings. The highest BCUT2D eigenvalue weighted by Crippen LogP contribution is 2.42. The first-order valence-electron chi connectivity index (χ1n) is 14.9. The molecule has 0 radical (unpaired) electrons. The van der Waals surface area contributed by atoms with Gasteiger partial charge in [-0.15, -0.1) is 0 Å². The van der Waals surface area contributed by atoms with Crippen LogP contribution in [0.2, 0.25) is 0 Å². The lowest BCUT2D eigenvalue weighted by Gasteiger charge is -2.19. The molecule has 0 amide bonds. The Kier molecular flexibility index (Phi) is 5.73. The molecule has 0 spiro atoms. The molecule has 0 aliphatic carbocycles. The van der Waals surface area contributed by atoms with Gasteiger partial charge in [0.05, 0.1) is 57.5 Å². The maximum absolute atomic E-state index is 9.60. The van der Waals surface area contributed by atoms with Crippen LogP contribution in [-0.4, -0.2) is 14.1 Å². The Morgan fingerprint density at radius 3 is 1.20 bits per heavy atom. The molecular weight excluding hydrogens is 536 g/mol. The lowest BCUT2D eigenvalue weighted by atomic mass is 10.0. The molecule has 0 saturated carbocycles. The number of rotatable bonds is 3. The van der Waals surface area contributed by atoms with Gasteiger partial charge in [0.15, 0.2) is 0 Å². The molecule has 0 saturated heterocycles. The highest BCUT2D eigenvalue weighted by Gasteiger charge is 2.22. The van der Waals surface area contributed by atoms with Gasteiger partial charge in [0.25, 0.3) is 0 Å². The molecule has 0 unspecified atom stereocenters. The highest BCUT2D eigenvalue weighted by atomic mass is 15.0. The summed E-state index contributed by atoms with van der Waals surface area (Å²) in [6.07, 6.45) is 3.97. The predicted molar refractivity (Wildman–Crippen MR) is 182 cm³/mol. The van der Waals surface area contributed by atoms with Crippen LogP contribution >= 0.6 is 0 Å². The summed E-state index contributed by atoms with van der Waals surface area (Å²) in [6, 6.07) is 37.0. The molecule has 0 bridgehead atoms. The predicted octanol–water partition coefficient (Wildman–Crippen LogP) is 10.0. The first kappa shape index (κ1) is 26.0. The molecule has 8 rings (SSSR count). The van der Waals surface area contributed by atoms with E-state index >= 15 is 0 Å². The van der Waals surface area contributed by atoms with Crippen molar-refractivity contribution in [3.05, 3.63) is 137 Å². The maximum atomic E-state index is 9.60. The minimum Gasteiger partial charge on any atom is -0.307 e. The van der Waals surface area contributed by atoms with Crippen molar-refractivity contribution in [2.45, 2.75) is 27.7 Å². The van der Waals surface area contributed by atoms with E-state index in [2.05, 4.69) is 128 Å². The number of aryl methyl sites for hydroxylation is 4. The molecular formula is C40H30N4. The van der Waals surface area contributed by atoms with E-state index in [0.29, 0.717) is 5.56 Å². The molecule has 0 atom stereocenters. The van der Waals surface area contributed by atoms with E-state index in [1.54, 1.807) is 0 Å². The fourth-order valence-corrected chi connectivity index (χ4v) is 6.81. The van der Waals surface area contributed by atoms with Crippen molar-refractivity contribution in [2.24, 2.45) is 0 Å². The molecule has 5 aromatic carbocycles. The number of fused-ring (bicyclic) bond motifs is 6. The molecule has 3 heterocycles. The molecule has 4 heteroatoms. The van der Waals surface area contributed by atoms with Crippen molar-refractivity contribution in [1.82, 2.24) is 14.1 Å². The summed E-state index contributed by atoms with van der Waals surface area (Å²) in [5.41, 5.74) is 14.2. The fourth-order valence-electron chi connectivity index (χ4n) is 6.81. The molecule has 0 aliphatic rings. The van der Waals surface area contributed by atoms with E-state index in [-0.39, 0.29) is 0 Å². The Morgan fingerprint density at radius 2 is 0.864 bits per heavy atom. The van der Waals surface area contributed by atoms with Gasteiger partial charge in [-0.25, -0.2) is 0 Å². The van der Waals surface area contributed by atoms with Crippen LogP contribution in [0, 0.1) is 39.0 Å². The van der Waals surface area contributed by atoms with Crippen LogP contribution in [0.15, 0.2) is 109 Å².